The summed E-state index contributed by atoms with van der Waals surface area (Å²) in [5.41, 5.74) is 5.98. The van der Waals surface area contributed by atoms with Crippen LogP contribution in [0.2, 0.25) is 0 Å². The Morgan fingerprint density at radius 3 is 3.00 bits per heavy atom. The lowest BCUT2D eigenvalue weighted by Gasteiger charge is -2.01. The molecule has 0 unspecified atom stereocenters. The van der Waals surface area contributed by atoms with Crippen molar-refractivity contribution < 1.29 is 4.39 Å². The largest absolute Gasteiger partial charge is 0.324 e. The Bertz CT molecular complexity index is 439. The van der Waals surface area contributed by atoms with Crippen molar-refractivity contribution in [1.29, 1.82) is 0 Å². The van der Waals surface area contributed by atoms with Gasteiger partial charge in [-0.2, -0.15) is 4.68 Å². The maximum atomic E-state index is 12.9. The SMILES string of the molecule is NCc1nnnn1-c1cccc(F)c1. The van der Waals surface area contributed by atoms with Gasteiger partial charge in [0.25, 0.3) is 0 Å². The van der Waals surface area contributed by atoms with Crippen LogP contribution in [0.5, 0.6) is 0 Å². The minimum absolute atomic E-state index is 0.212. The van der Waals surface area contributed by atoms with Crippen molar-refractivity contribution in [3.8, 4) is 5.69 Å². The first-order valence-corrected chi connectivity index (χ1v) is 4.04. The Morgan fingerprint density at radius 1 is 1.43 bits per heavy atom. The van der Waals surface area contributed by atoms with Crippen molar-refractivity contribution in [2.75, 3.05) is 0 Å². The molecule has 0 saturated heterocycles. The van der Waals surface area contributed by atoms with Gasteiger partial charge in [-0.15, -0.1) is 5.10 Å². The maximum absolute atomic E-state index is 12.9. The molecular formula is C8H8FN5. The van der Waals surface area contributed by atoms with Gasteiger partial charge in [0, 0.05) is 0 Å². The van der Waals surface area contributed by atoms with Gasteiger partial charge < -0.3 is 5.73 Å². The highest BCUT2D eigenvalue weighted by Gasteiger charge is 2.06. The Balaban J connectivity index is 2.49. The highest BCUT2D eigenvalue weighted by atomic mass is 19.1. The van der Waals surface area contributed by atoms with E-state index in [2.05, 4.69) is 15.5 Å². The molecule has 0 aliphatic heterocycles. The summed E-state index contributed by atoms with van der Waals surface area (Å²) < 4.78 is 14.3. The van der Waals surface area contributed by atoms with E-state index in [0.29, 0.717) is 11.5 Å². The van der Waals surface area contributed by atoms with E-state index in [0.717, 1.165) is 0 Å². The molecule has 0 amide bonds. The summed E-state index contributed by atoms with van der Waals surface area (Å²) in [6, 6.07) is 6.00. The Labute approximate surface area is 79.3 Å². The first kappa shape index (κ1) is 8.76. The molecule has 72 valence electrons. The lowest BCUT2D eigenvalue weighted by molar-refractivity contribution is 0.624. The van der Waals surface area contributed by atoms with Crippen molar-refractivity contribution in [2.24, 2.45) is 5.73 Å². The number of aromatic nitrogens is 4. The number of rotatable bonds is 2. The van der Waals surface area contributed by atoms with Crippen LogP contribution in [0.4, 0.5) is 4.39 Å². The van der Waals surface area contributed by atoms with Crippen LogP contribution >= 0.6 is 0 Å². The van der Waals surface area contributed by atoms with Gasteiger partial charge in [0.15, 0.2) is 5.82 Å². The Morgan fingerprint density at radius 2 is 2.29 bits per heavy atom. The quantitative estimate of drug-likeness (QED) is 0.742. The first-order chi connectivity index (χ1) is 6.81. The zero-order valence-electron chi connectivity index (χ0n) is 7.26. The summed E-state index contributed by atoms with van der Waals surface area (Å²) >= 11 is 0. The van der Waals surface area contributed by atoms with Gasteiger partial charge in [0.2, 0.25) is 0 Å². The predicted molar refractivity (Wildman–Crippen MR) is 47.0 cm³/mol. The van der Waals surface area contributed by atoms with E-state index >= 15 is 0 Å². The molecule has 0 saturated carbocycles. The minimum Gasteiger partial charge on any atom is -0.324 e. The molecule has 0 spiro atoms. The van der Waals surface area contributed by atoms with Crippen LogP contribution in [0.25, 0.3) is 5.69 Å². The van der Waals surface area contributed by atoms with E-state index in [4.69, 9.17) is 5.73 Å². The average molecular weight is 193 g/mol. The van der Waals surface area contributed by atoms with Gasteiger partial charge >= 0.3 is 0 Å². The summed E-state index contributed by atoms with van der Waals surface area (Å²) in [6.45, 7) is 0.212. The third-order valence-corrected chi connectivity index (χ3v) is 1.77. The molecule has 2 N–H and O–H groups in total. The number of hydrogen-bond acceptors (Lipinski definition) is 4. The third kappa shape index (κ3) is 1.47. The molecule has 6 heteroatoms. The fourth-order valence-electron chi connectivity index (χ4n) is 1.14. The Kier molecular flexibility index (Phi) is 2.19. The number of tetrazole rings is 1. The maximum Gasteiger partial charge on any atom is 0.170 e. The zero-order valence-corrected chi connectivity index (χ0v) is 7.26. The molecule has 2 aromatic rings. The Hall–Kier alpha value is -1.82. The van der Waals surface area contributed by atoms with E-state index in [1.165, 1.54) is 16.8 Å². The van der Waals surface area contributed by atoms with E-state index in [1.54, 1.807) is 12.1 Å². The van der Waals surface area contributed by atoms with Crippen molar-refractivity contribution in [3.05, 3.63) is 35.9 Å². The van der Waals surface area contributed by atoms with Crippen LogP contribution in [-0.4, -0.2) is 20.2 Å². The monoisotopic (exact) mass is 193 g/mol. The van der Waals surface area contributed by atoms with Crippen molar-refractivity contribution >= 4 is 0 Å². The van der Waals surface area contributed by atoms with Crippen LogP contribution in [0.15, 0.2) is 24.3 Å². The van der Waals surface area contributed by atoms with E-state index < -0.39 is 0 Å². The standard InChI is InChI=1S/C8H8FN5/c9-6-2-1-3-7(4-6)14-8(5-10)11-12-13-14/h1-4H,5,10H2. The molecule has 1 aromatic carbocycles. The third-order valence-electron chi connectivity index (χ3n) is 1.77. The van der Waals surface area contributed by atoms with Crippen LogP contribution in [0, 0.1) is 5.82 Å². The minimum atomic E-state index is -0.332. The van der Waals surface area contributed by atoms with Crippen molar-refractivity contribution in [3.63, 3.8) is 0 Å². The van der Waals surface area contributed by atoms with Crippen LogP contribution < -0.4 is 5.73 Å². The smallest absolute Gasteiger partial charge is 0.170 e. The summed E-state index contributed by atoms with van der Waals surface area (Å²) in [4.78, 5) is 0. The van der Waals surface area contributed by atoms with Gasteiger partial charge in [0.05, 0.1) is 12.2 Å². The van der Waals surface area contributed by atoms with Crippen molar-refractivity contribution in [1.82, 2.24) is 20.2 Å². The molecule has 0 bridgehead atoms. The zero-order chi connectivity index (χ0) is 9.97. The topological polar surface area (TPSA) is 69.6 Å². The normalized spacial score (nSPS) is 10.4. The molecule has 2 rings (SSSR count). The lowest BCUT2D eigenvalue weighted by atomic mass is 10.3. The van der Waals surface area contributed by atoms with Crippen LogP contribution in [-0.2, 0) is 6.54 Å². The molecule has 1 heterocycles. The highest BCUT2D eigenvalue weighted by molar-refractivity contribution is 5.31. The number of benzene rings is 1. The van der Waals surface area contributed by atoms with Gasteiger partial charge in [0.1, 0.15) is 5.82 Å². The van der Waals surface area contributed by atoms with Crippen LogP contribution in [0.1, 0.15) is 5.82 Å². The summed E-state index contributed by atoms with van der Waals surface area (Å²) in [7, 11) is 0. The molecule has 0 aliphatic rings. The van der Waals surface area contributed by atoms with E-state index in [-0.39, 0.29) is 12.4 Å². The fourth-order valence-corrected chi connectivity index (χ4v) is 1.14. The lowest BCUT2D eigenvalue weighted by Crippen LogP contribution is -2.08. The summed E-state index contributed by atoms with van der Waals surface area (Å²) in [5, 5.41) is 10.9. The average Bonchev–Trinajstić information content (AvgIpc) is 2.65. The second-order valence-corrected chi connectivity index (χ2v) is 2.69. The molecule has 0 radical (unpaired) electrons. The van der Waals surface area contributed by atoms with Gasteiger partial charge in [-0.25, -0.2) is 4.39 Å². The molecule has 0 atom stereocenters. The molecular weight excluding hydrogens is 185 g/mol. The first-order valence-electron chi connectivity index (χ1n) is 4.04. The second kappa shape index (κ2) is 3.51. The number of hydrogen-bond donors (Lipinski definition) is 1. The van der Waals surface area contributed by atoms with Gasteiger partial charge in [-0.1, -0.05) is 6.07 Å². The summed E-state index contributed by atoms with van der Waals surface area (Å²) in [5.74, 6) is 0.163. The predicted octanol–water partition coefficient (Wildman–Crippen LogP) is 0.260. The molecule has 0 aliphatic carbocycles. The highest BCUT2D eigenvalue weighted by Crippen LogP contribution is 2.08. The number of nitrogens with zero attached hydrogens (tertiary/aromatic N) is 4. The second-order valence-electron chi connectivity index (χ2n) is 2.69. The number of nitrogens with two attached hydrogens (primary N) is 1. The van der Waals surface area contributed by atoms with Gasteiger partial charge in [-0.05, 0) is 28.6 Å². The van der Waals surface area contributed by atoms with E-state index in [1.807, 2.05) is 0 Å². The summed E-state index contributed by atoms with van der Waals surface area (Å²) in [6.07, 6.45) is 0. The van der Waals surface area contributed by atoms with Crippen LogP contribution in [0.3, 0.4) is 0 Å². The number of halogens is 1. The molecule has 0 fully saturated rings. The van der Waals surface area contributed by atoms with E-state index in [9.17, 15) is 4.39 Å². The molecule has 5 nitrogen and oxygen atoms in total. The van der Waals surface area contributed by atoms with Gasteiger partial charge in [-0.3, -0.25) is 0 Å². The van der Waals surface area contributed by atoms with Crippen molar-refractivity contribution in [2.45, 2.75) is 6.54 Å². The molecule has 1 aromatic heterocycles. The molecule has 14 heavy (non-hydrogen) atoms. The fraction of sp³-hybridized carbons (Fsp3) is 0.125.